The first kappa shape index (κ1) is 26.8. The number of fused-ring (bicyclic) bond motifs is 1. The van der Waals surface area contributed by atoms with Crippen LogP contribution in [-0.2, 0) is 19.1 Å². The van der Waals surface area contributed by atoms with E-state index in [1.54, 1.807) is 0 Å². The zero-order valence-corrected chi connectivity index (χ0v) is 19.0. The first-order chi connectivity index (χ1) is 16.6. The molecule has 35 heavy (non-hydrogen) atoms. The maximum absolute atomic E-state index is 12.7. The van der Waals surface area contributed by atoms with Crippen LogP contribution in [0.4, 0.5) is 4.79 Å². The van der Waals surface area contributed by atoms with E-state index in [2.05, 4.69) is 26.3 Å². The van der Waals surface area contributed by atoms with Gasteiger partial charge in [-0.1, -0.05) is 0 Å². The molecule has 0 spiro atoms. The minimum absolute atomic E-state index is 0.0518. The Labute approximate surface area is 200 Å². The maximum atomic E-state index is 12.7. The predicted molar refractivity (Wildman–Crippen MR) is 119 cm³/mol. The lowest BCUT2D eigenvalue weighted by molar-refractivity contribution is -0.198. The number of rotatable bonds is 9. The number of aliphatic imine (C=N–C) groups is 1. The molecule has 3 heterocycles. The van der Waals surface area contributed by atoms with Gasteiger partial charge in [0.05, 0.1) is 18.8 Å². The van der Waals surface area contributed by atoms with E-state index in [1.165, 1.54) is 0 Å². The third-order valence-corrected chi connectivity index (χ3v) is 6.06. The number of hydrogen-bond acceptors (Lipinski definition) is 13. The number of β-amino-alcohol motifs (C(OH)–C–C–N with tert-alkyl or cyclic N) is 1. The van der Waals surface area contributed by atoms with Crippen molar-refractivity contribution in [2.24, 2.45) is 22.2 Å². The second-order valence-corrected chi connectivity index (χ2v) is 8.71. The third-order valence-electron chi connectivity index (χ3n) is 6.06. The quantitative estimate of drug-likeness (QED) is 0.141. The summed E-state index contributed by atoms with van der Waals surface area (Å²) in [5.41, 5.74) is 16.5. The van der Waals surface area contributed by atoms with Crippen molar-refractivity contribution in [2.45, 2.75) is 74.1 Å². The maximum Gasteiger partial charge on any atom is 0.404 e. The Morgan fingerprint density at radius 3 is 2.71 bits per heavy atom. The number of guanidine groups is 1. The monoisotopic (exact) mass is 502 g/mol. The summed E-state index contributed by atoms with van der Waals surface area (Å²) in [5.74, 6) is -0.828. The number of aliphatic hydroxyl groups is 3. The van der Waals surface area contributed by atoms with E-state index in [0.29, 0.717) is 19.4 Å². The number of nitrogens with one attached hydrogen (secondary N) is 4. The summed E-state index contributed by atoms with van der Waals surface area (Å²) in [4.78, 5) is 40.3. The van der Waals surface area contributed by atoms with Crippen molar-refractivity contribution in [3.05, 3.63) is 0 Å². The molecule has 2 saturated heterocycles. The SMILES string of the molecule is NCCC[C@H](N)CC(=O)N[C@@H]1[C@H](O)[C@@H](OC(N)=O)[C@@H](CO)O[C@H]1NC1=NC2C(=O)NC[C@@H](O)C2N1. The molecule has 0 aromatic heterocycles. The van der Waals surface area contributed by atoms with Crippen LogP contribution in [0.15, 0.2) is 4.99 Å². The fourth-order valence-electron chi connectivity index (χ4n) is 4.30. The number of nitrogens with zero attached hydrogens (tertiary/aromatic N) is 1. The first-order valence-electron chi connectivity index (χ1n) is 11.4. The number of carbonyl (C=O) groups excluding carboxylic acids is 3. The molecule has 3 amide bonds. The fraction of sp³-hybridized carbons (Fsp3) is 0.789. The molecule has 2 fully saturated rings. The van der Waals surface area contributed by atoms with Crippen LogP contribution in [0.5, 0.6) is 0 Å². The van der Waals surface area contributed by atoms with Crippen LogP contribution in [0.2, 0.25) is 0 Å². The van der Waals surface area contributed by atoms with E-state index in [0.717, 1.165) is 0 Å². The molecule has 16 nitrogen and oxygen atoms in total. The van der Waals surface area contributed by atoms with E-state index in [-0.39, 0.29) is 24.8 Å². The smallest absolute Gasteiger partial charge is 0.404 e. The number of amides is 3. The Morgan fingerprint density at radius 2 is 2.09 bits per heavy atom. The molecular formula is C19H34N8O8. The number of hydrogen-bond donors (Lipinski definition) is 10. The molecule has 13 N–H and O–H groups in total. The molecular weight excluding hydrogens is 468 g/mol. The highest BCUT2D eigenvalue weighted by atomic mass is 16.6. The van der Waals surface area contributed by atoms with Crippen molar-refractivity contribution >= 4 is 23.9 Å². The number of ether oxygens (including phenoxy) is 2. The normalized spacial score (nSPS) is 35.1. The van der Waals surface area contributed by atoms with Gasteiger partial charge >= 0.3 is 6.09 Å². The van der Waals surface area contributed by atoms with Crippen molar-refractivity contribution in [3.8, 4) is 0 Å². The number of nitrogens with two attached hydrogens (primary N) is 3. The highest BCUT2D eigenvalue weighted by Crippen LogP contribution is 2.24. The van der Waals surface area contributed by atoms with Crippen molar-refractivity contribution in [1.82, 2.24) is 21.3 Å². The van der Waals surface area contributed by atoms with Gasteiger partial charge in [-0.3, -0.25) is 9.59 Å². The molecule has 0 saturated carbocycles. The lowest BCUT2D eigenvalue weighted by Gasteiger charge is -2.44. The van der Waals surface area contributed by atoms with Crippen LogP contribution in [0.25, 0.3) is 0 Å². The zero-order valence-electron chi connectivity index (χ0n) is 19.0. The van der Waals surface area contributed by atoms with Crippen LogP contribution in [0, 0.1) is 0 Å². The summed E-state index contributed by atoms with van der Waals surface area (Å²) in [6.45, 7) is -0.171. The Morgan fingerprint density at radius 1 is 1.34 bits per heavy atom. The third kappa shape index (κ3) is 6.47. The van der Waals surface area contributed by atoms with Crippen LogP contribution < -0.4 is 38.5 Å². The molecule has 16 heteroatoms. The van der Waals surface area contributed by atoms with E-state index < -0.39 is 73.4 Å². The number of aliphatic hydroxyl groups excluding tert-OH is 3. The zero-order chi connectivity index (χ0) is 25.7. The molecule has 0 aliphatic carbocycles. The van der Waals surface area contributed by atoms with Crippen LogP contribution >= 0.6 is 0 Å². The van der Waals surface area contributed by atoms with Crippen LogP contribution in [0.3, 0.4) is 0 Å². The molecule has 0 aromatic carbocycles. The van der Waals surface area contributed by atoms with Crippen LogP contribution in [0.1, 0.15) is 19.3 Å². The van der Waals surface area contributed by atoms with Gasteiger partial charge in [-0.25, -0.2) is 9.79 Å². The number of carbonyl (C=O) groups is 3. The van der Waals surface area contributed by atoms with Gasteiger partial charge in [-0.05, 0) is 19.4 Å². The van der Waals surface area contributed by atoms with Gasteiger partial charge in [0.2, 0.25) is 11.8 Å². The molecule has 0 bridgehead atoms. The summed E-state index contributed by atoms with van der Waals surface area (Å²) in [7, 11) is 0. The molecule has 3 aliphatic rings. The van der Waals surface area contributed by atoms with Crippen molar-refractivity contribution in [1.29, 1.82) is 0 Å². The minimum atomic E-state index is -1.55. The standard InChI is InChI=1S/C19H34N8O8/c20-3-1-2-7(21)4-10(30)24-13-14(31)15(35-18(22)33)9(6-28)34-17(13)27-19-25-11-8(29)5-23-16(32)12(11)26-19/h7-9,11-15,17,28-29,31H,1-6,20-21H2,(H2,22,33)(H,23,32)(H,24,30)(H2,25,26,27)/t7-,8+,9+,11?,12?,13+,14-,15-,17+/m0/s1. The van der Waals surface area contributed by atoms with Gasteiger partial charge in [0, 0.05) is 19.0 Å². The van der Waals surface area contributed by atoms with Crippen LogP contribution in [-0.4, -0.2) is 114 Å². The molecule has 2 unspecified atom stereocenters. The number of primary amides is 1. The molecule has 9 atom stereocenters. The van der Waals surface area contributed by atoms with Gasteiger partial charge in [-0.2, -0.15) is 0 Å². The summed E-state index contributed by atoms with van der Waals surface area (Å²) in [6.07, 6.45) is -6.36. The molecule has 3 rings (SSSR count). The highest BCUT2D eigenvalue weighted by Gasteiger charge is 2.49. The average molecular weight is 503 g/mol. The summed E-state index contributed by atoms with van der Waals surface area (Å²) in [5, 5.41) is 41.7. The lowest BCUT2D eigenvalue weighted by Crippen LogP contribution is -2.70. The second-order valence-electron chi connectivity index (χ2n) is 8.71. The van der Waals surface area contributed by atoms with E-state index in [9.17, 15) is 29.7 Å². The van der Waals surface area contributed by atoms with Gasteiger partial charge < -0.3 is 63.3 Å². The highest BCUT2D eigenvalue weighted by molar-refractivity contribution is 5.92. The molecule has 198 valence electrons. The summed E-state index contributed by atoms with van der Waals surface area (Å²) in [6, 6.07) is -3.27. The Kier molecular flexibility index (Phi) is 9.03. The van der Waals surface area contributed by atoms with E-state index >= 15 is 0 Å². The van der Waals surface area contributed by atoms with Gasteiger partial charge in [0.1, 0.15) is 18.2 Å². The first-order valence-corrected chi connectivity index (χ1v) is 11.4. The Balaban J connectivity index is 1.77. The lowest BCUT2D eigenvalue weighted by atomic mass is 9.95. The van der Waals surface area contributed by atoms with Gasteiger partial charge in [-0.15, -0.1) is 0 Å². The Hall–Kier alpha value is -2.76. The van der Waals surface area contributed by atoms with Gasteiger partial charge in [0.15, 0.2) is 24.3 Å². The van der Waals surface area contributed by atoms with Crippen molar-refractivity contribution < 1.29 is 39.2 Å². The Bertz CT molecular complexity index is 816. The predicted octanol–water partition coefficient (Wildman–Crippen LogP) is -5.75. The van der Waals surface area contributed by atoms with Crippen molar-refractivity contribution in [2.75, 3.05) is 19.7 Å². The van der Waals surface area contributed by atoms with Crippen molar-refractivity contribution in [3.63, 3.8) is 0 Å². The van der Waals surface area contributed by atoms with E-state index in [1.807, 2.05) is 0 Å². The molecule has 3 aliphatic heterocycles. The number of piperidine rings is 1. The summed E-state index contributed by atoms with van der Waals surface area (Å²) < 4.78 is 10.7. The van der Waals surface area contributed by atoms with E-state index in [4.69, 9.17) is 26.7 Å². The topological polar surface area (TPSA) is 269 Å². The second kappa shape index (κ2) is 11.8. The summed E-state index contributed by atoms with van der Waals surface area (Å²) >= 11 is 0. The minimum Gasteiger partial charge on any atom is -0.441 e. The average Bonchev–Trinajstić information content (AvgIpc) is 3.24. The molecule has 0 radical (unpaired) electrons. The largest absolute Gasteiger partial charge is 0.441 e. The molecule has 0 aromatic rings. The fourth-order valence-corrected chi connectivity index (χ4v) is 4.30. The van der Waals surface area contributed by atoms with Gasteiger partial charge in [0.25, 0.3) is 0 Å².